The van der Waals surface area contributed by atoms with Crippen LogP contribution in [0.3, 0.4) is 0 Å². The van der Waals surface area contributed by atoms with Crippen molar-refractivity contribution >= 4 is 23.2 Å². The minimum absolute atomic E-state index is 0.0639. The Morgan fingerprint density at radius 2 is 1.55 bits per heavy atom. The maximum Gasteiger partial charge on any atom is 0.227 e. The molecule has 0 heterocycles. The molecule has 2 amide bonds. The van der Waals surface area contributed by atoms with Crippen molar-refractivity contribution in [3.05, 3.63) is 18.2 Å². The molecule has 5 heteroatoms. The molecule has 0 unspecified atom stereocenters. The third-order valence-electron chi connectivity index (χ3n) is 2.78. The first-order valence-corrected chi connectivity index (χ1v) is 6.65. The van der Waals surface area contributed by atoms with Crippen LogP contribution in [0.2, 0.25) is 0 Å². The molecular weight excluding hydrogens is 256 g/mol. The predicted molar refractivity (Wildman–Crippen MR) is 79.9 cm³/mol. The Kier molecular flexibility index (Phi) is 5.55. The standard InChI is InChI=1S/C15H22N2O3/c1-9(2)14(18)16-11-6-7-12(13(8-11)20-5)17-15(19)10(3)4/h6-10H,1-5H3,(H,16,18)(H,17,19). The Morgan fingerprint density at radius 1 is 1.00 bits per heavy atom. The molecule has 0 aromatic heterocycles. The molecule has 0 saturated heterocycles. The topological polar surface area (TPSA) is 67.4 Å². The third kappa shape index (κ3) is 4.26. The van der Waals surface area contributed by atoms with E-state index in [2.05, 4.69) is 10.6 Å². The first kappa shape index (κ1) is 16.0. The van der Waals surface area contributed by atoms with Crippen LogP contribution < -0.4 is 15.4 Å². The fourth-order valence-electron chi connectivity index (χ4n) is 1.44. The fourth-order valence-corrected chi connectivity index (χ4v) is 1.44. The summed E-state index contributed by atoms with van der Waals surface area (Å²) in [5.74, 6) is 0.162. The third-order valence-corrected chi connectivity index (χ3v) is 2.78. The number of carbonyl (C=O) groups is 2. The van der Waals surface area contributed by atoms with Gasteiger partial charge in [-0.2, -0.15) is 0 Å². The van der Waals surface area contributed by atoms with Gasteiger partial charge in [0.15, 0.2) is 0 Å². The highest BCUT2D eigenvalue weighted by Crippen LogP contribution is 2.28. The number of anilines is 2. The first-order chi connectivity index (χ1) is 9.35. The Balaban J connectivity index is 2.90. The van der Waals surface area contributed by atoms with Crippen LogP contribution in [0.4, 0.5) is 11.4 Å². The molecule has 2 N–H and O–H groups in total. The summed E-state index contributed by atoms with van der Waals surface area (Å²) >= 11 is 0. The Labute approximate surface area is 119 Å². The average molecular weight is 278 g/mol. The number of carbonyl (C=O) groups excluding carboxylic acids is 2. The first-order valence-electron chi connectivity index (χ1n) is 6.65. The Hall–Kier alpha value is -2.04. The molecular formula is C15H22N2O3. The molecule has 110 valence electrons. The van der Waals surface area contributed by atoms with Gasteiger partial charge in [-0.05, 0) is 12.1 Å². The van der Waals surface area contributed by atoms with Gasteiger partial charge in [0.05, 0.1) is 12.8 Å². The second-order valence-electron chi connectivity index (χ2n) is 5.20. The molecule has 1 aromatic rings. The zero-order chi connectivity index (χ0) is 15.3. The van der Waals surface area contributed by atoms with E-state index in [4.69, 9.17) is 4.74 Å². The molecule has 0 bridgehead atoms. The van der Waals surface area contributed by atoms with Gasteiger partial charge in [0.2, 0.25) is 11.8 Å². The molecule has 5 nitrogen and oxygen atoms in total. The zero-order valence-corrected chi connectivity index (χ0v) is 12.6. The SMILES string of the molecule is COc1cc(NC(=O)C(C)C)ccc1NC(=O)C(C)C. The lowest BCUT2D eigenvalue weighted by atomic mass is 10.1. The molecule has 0 radical (unpaired) electrons. The summed E-state index contributed by atoms with van der Waals surface area (Å²) in [5, 5.41) is 5.58. The number of ether oxygens (including phenoxy) is 1. The fraction of sp³-hybridized carbons (Fsp3) is 0.467. The van der Waals surface area contributed by atoms with Crippen molar-refractivity contribution in [1.82, 2.24) is 0 Å². The van der Waals surface area contributed by atoms with Gasteiger partial charge in [-0.1, -0.05) is 27.7 Å². The number of hydrogen-bond acceptors (Lipinski definition) is 3. The van der Waals surface area contributed by atoms with Gasteiger partial charge in [0, 0.05) is 23.6 Å². The van der Waals surface area contributed by atoms with Crippen LogP contribution in [0.5, 0.6) is 5.75 Å². The second-order valence-corrected chi connectivity index (χ2v) is 5.20. The molecule has 0 spiro atoms. The van der Waals surface area contributed by atoms with Crippen molar-refractivity contribution in [2.75, 3.05) is 17.7 Å². The maximum absolute atomic E-state index is 11.7. The van der Waals surface area contributed by atoms with Crippen LogP contribution in [0, 0.1) is 11.8 Å². The minimum Gasteiger partial charge on any atom is -0.494 e. The number of methoxy groups -OCH3 is 1. The summed E-state index contributed by atoms with van der Waals surface area (Å²) in [4.78, 5) is 23.3. The average Bonchev–Trinajstić information content (AvgIpc) is 2.39. The highest BCUT2D eigenvalue weighted by molar-refractivity contribution is 5.95. The lowest BCUT2D eigenvalue weighted by Crippen LogP contribution is -2.19. The monoisotopic (exact) mass is 278 g/mol. The van der Waals surface area contributed by atoms with E-state index >= 15 is 0 Å². The summed E-state index contributed by atoms with van der Waals surface area (Å²) in [5.41, 5.74) is 1.23. The van der Waals surface area contributed by atoms with Gasteiger partial charge < -0.3 is 15.4 Å². The van der Waals surface area contributed by atoms with E-state index in [9.17, 15) is 9.59 Å². The number of benzene rings is 1. The molecule has 0 saturated carbocycles. The highest BCUT2D eigenvalue weighted by Gasteiger charge is 2.13. The molecule has 1 rings (SSSR count). The summed E-state index contributed by atoms with van der Waals surface area (Å²) in [6, 6.07) is 5.14. The summed E-state index contributed by atoms with van der Waals surface area (Å²) in [6.07, 6.45) is 0. The van der Waals surface area contributed by atoms with Crippen LogP contribution in [0.15, 0.2) is 18.2 Å². The molecule has 0 aliphatic carbocycles. The lowest BCUT2D eigenvalue weighted by Gasteiger charge is -2.14. The van der Waals surface area contributed by atoms with Crippen molar-refractivity contribution in [1.29, 1.82) is 0 Å². The van der Waals surface area contributed by atoms with Crippen LogP contribution >= 0.6 is 0 Å². The van der Waals surface area contributed by atoms with E-state index in [1.165, 1.54) is 7.11 Å². The molecule has 20 heavy (non-hydrogen) atoms. The van der Waals surface area contributed by atoms with Crippen LogP contribution in [-0.4, -0.2) is 18.9 Å². The maximum atomic E-state index is 11.7. The molecule has 0 aliphatic heterocycles. The molecule has 0 fully saturated rings. The van der Waals surface area contributed by atoms with Gasteiger partial charge >= 0.3 is 0 Å². The number of amides is 2. The van der Waals surface area contributed by atoms with E-state index in [-0.39, 0.29) is 23.7 Å². The van der Waals surface area contributed by atoms with Crippen molar-refractivity contribution in [2.45, 2.75) is 27.7 Å². The van der Waals surface area contributed by atoms with Gasteiger partial charge in [0.1, 0.15) is 5.75 Å². The van der Waals surface area contributed by atoms with Crippen LogP contribution in [0.25, 0.3) is 0 Å². The Bertz CT molecular complexity index is 496. The van der Waals surface area contributed by atoms with Gasteiger partial charge in [-0.3, -0.25) is 9.59 Å². The summed E-state index contributed by atoms with van der Waals surface area (Å²) in [6.45, 7) is 7.28. The van der Waals surface area contributed by atoms with E-state index in [1.54, 1.807) is 18.2 Å². The van der Waals surface area contributed by atoms with Crippen molar-refractivity contribution < 1.29 is 14.3 Å². The van der Waals surface area contributed by atoms with Gasteiger partial charge in [-0.15, -0.1) is 0 Å². The van der Waals surface area contributed by atoms with E-state index < -0.39 is 0 Å². The van der Waals surface area contributed by atoms with E-state index in [0.29, 0.717) is 17.1 Å². The number of hydrogen-bond donors (Lipinski definition) is 2. The normalized spacial score (nSPS) is 10.6. The minimum atomic E-state index is -0.111. The van der Waals surface area contributed by atoms with E-state index in [1.807, 2.05) is 27.7 Å². The lowest BCUT2D eigenvalue weighted by molar-refractivity contribution is -0.119. The van der Waals surface area contributed by atoms with Crippen molar-refractivity contribution in [3.63, 3.8) is 0 Å². The molecule has 0 atom stereocenters. The largest absolute Gasteiger partial charge is 0.494 e. The smallest absolute Gasteiger partial charge is 0.227 e. The summed E-state index contributed by atoms with van der Waals surface area (Å²) in [7, 11) is 1.52. The van der Waals surface area contributed by atoms with E-state index in [0.717, 1.165) is 0 Å². The number of nitrogens with one attached hydrogen (secondary N) is 2. The Morgan fingerprint density at radius 3 is 2.05 bits per heavy atom. The van der Waals surface area contributed by atoms with Gasteiger partial charge in [-0.25, -0.2) is 0 Å². The summed E-state index contributed by atoms with van der Waals surface area (Å²) < 4.78 is 5.24. The quantitative estimate of drug-likeness (QED) is 0.870. The highest BCUT2D eigenvalue weighted by atomic mass is 16.5. The molecule has 1 aromatic carbocycles. The second kappa shape index (κ2) is 6.93. The van der Waals surface area contributed by atoms with Crippen LogP contribution in [0.1, 0.15) is 27.7 Å². The number of rotatable bonds is 5. The van der Waals surface area contributed by atoms with Gasteiger partial charge in [0.25, 0.3) is 0 Å². The molecule has 0 aliphatic rings. The van der Waals surface area contributed by atoms with Crippen molar-refractivity contribution in [2.24, 2.45) is 11.8 Å². The zero-order valence-electron chi connectivity index (χ0n) is 12.6. The van der Waals surface area contributed by atoms with Crippen molar-refractivity contribution in [3.8, 4) is 5.75 Å². The van der Waals surface area contributed by atoms with Crippen LogP contribution in [-0.2, 0) is 9.59 Å². The predicted octanol–water partition coefficient (Wildman–Crippen LogP) is 2.88.